The molecule has 0 aromatic rings. The van der Waals surface area contributed by atoms with Crippen LogP contribution in [0.5, 0.6) is 0 Å². The molecule has 0 saturated heterocycles. The SMILES string of the molecule is C=CC(=O)OCCO[Si](C)(C)CC[Si](OC(=C)C)(OC(=C)C)OC(=C)C. The fourth-order valence-electron chi connectivity index (χ4n) is 2.06. The molecule has 0 spiro atoms. The van der Waals surface area contributed by atoms with Crippen LogP contribution in [0.3, 0.4) is 0 Å². The fraction of sp³-hybridized carbons (Fsp3) is 0.500. The van der Waals surface area contributed by atoms with E-state index in [0.717, 1.165) is 12.1 Å². The van der Waals surface area contributed by atoms with Crippen LogP contribution in [0.2, 0.25) is 25.2 Å². The molecule has 0 aromatic carbocycles. The first-order chi connectivity index (χ1) is 11.9. The van der Waals surface area contributed by atoms with Gasteiger partial charge in [0.05, 0.1) is 29.9 Å². The van der Waals surface area contributed by atoms with E-state index in [1.165, 1.54) is 0 Å². The van der Waals surface area contributed by atoms with Gasteiger partial charge < -0.3 is 22.4 Å². The van der Waals surface area contributed by atoms with Crippen LogP contribution in [-0.4, -0.2) is 36.3 Å². The van der Waals surface area contributed by atoms with Crippen molar-refractivity contribution < 1.29 is 27.2 Å². The van der Waals surface area contributed by atoms with Crippen LogP contribution in [0.1, 0.15) is 20.8 Å². The van der Waals surface area contributed by atoms with E-state index in [1.54, 1.807) is 20.8 Å². The Bertz CT molecular complexity index is 501. The maximum Gasteiger partial charge on any atom is 0.698 e. The summed E-state index contributed by atoms with van der Waals surface area (Å²) in [5.41, 5.74) is 0. The zero-order valence-corrected chi connectivity index (χ0v) is 18.7. The summed E-state index contributed by atoms with van der Waals surface area (Å²) in [6.07, 6.45) is 1.13. The zero-order valence-electron chi connectivity index (χ0n) is 16.7. The standard InChI is InChI=1S/C18H32O6Si2/c1-10-18(19)20-11-12-21-25(8,9)13-14-26(22-15(2)3,23-16(4)5)24-17(6)7/h10H,1-2,4,6,11-14H2,3,5,7-9H3. The number of hydrogen-bond donors (Lipinski definition) is 0. The van der Waals surface area contributed by atoms with Crippen molar-refractivity contribution in [3.05, 3.63) is 49.7 Å². The first-order valence-electron chi connectivity index (χ1n) is 8.38. The van der Waals surface area contributed by atoms with Gasteiger partial charge in [-0.1, -0.05) is 26.3 Å². The van der Waals surface area contributed by atoms with Gasteiger partial charge in [0.15, 0.2) is 8.32 Å². The molecule has 0 saturated carbocycles. The van der Waals surface area contributed by atoms with Gasteiger partial charge in [-0.3, -0.25) is 0 Å². The summed E-state index contributed by atoms with van der Waals surface area (Å²) in [6.45, 7) is 24.7. The number of allylic oxidation sites excluding steroid dienone is 3. The molecular formula is C18H32O6Si2. The van der Waals surface area contributed by atoms with Gasteiger partial charge in [-0.15, -0.1) is 0 Å². The highest BCUT2D eigenvalue weighted by Gasteiger charge is 2.50. The summed E-state index contributed by atoms with van der Waals surface area (Å²) >= 11 is 0. The number of rotatable bonds is 14. The van der Waals surface area contributed by atoms with Crippen molar-refractivity contribution in [3.8, 4) is 0 Å². The lowest BCUT2D eigenvalue weighted by Gasteiger charge is -2.32. The minimum atomic E-state index is -3.11. The summed E-state index contributed by atoms with van der Waals surface area (Å²) in [4.78, 5) is 11.0. The maximum atomic E-state index is 11.0. The number of esters is 1. The number of ether oxygens (including phenoxy) is 1. The van der Waals surface area contributed by atoms with Crippen LogP contribution in [0.4, 0.5) is 0 Å². The Hall–Kier alpha value is -1.78. The van der Waals surface area contributed by atoms with Crippen LogP contribution in [0, 0.1) is 0 Å². The predicted molar refractivity (Wildman–Crippen MR) is 108 cm³/mol. The van der Waals surface area contributed by atoms with Gasteiger partial charge >= 0.3 is 14.8 Å². The molecule has 0 aromatic heterocycles. The van der Waals surface area contributed by atoms with E-state index in [1.807, 2.05) is 0 Å². The number of hydrogen-bond acceptors (Lipinski definition) is 6. The predicted octanol–water partition coefficient (Wildman–Crippen LogP) is 4.53. The van der Waals surface area contributed by atoms with Gasteiger partial charge in [-0.25, -0.2) is 4.79 Å². The molecule has 26 heavy (non-hydrogen) atoms. The molecule has 6 nitrogen and oxygen atoms in total. The molecule has 0 amide bonds. The first-order valence-corrected chi connectivity index (χ1v) is 13.4. The van der Waals surface area contributed by atoms with Crippen molar-refractivity contribution >= 4 is 23.1 Å². The third kappa shape index (κ3) is 11.0. The average Bonchev–Trinajstić information content (AvgIpc) is 2.47. The summed E-state index contributed by atoms with van der Waals surface area (Å²) in [6, 6.07) is 1.26. The van der Waals surface area contributed by atoms with Crippen LogP contribution < -0.4 is 0 Å². The molecule has 0 aliphatic carbocycles. The first kappa shape index (κ1) is 24.2. The maximum absolute atomic E-state index is 11.0. The largest absolute Gasteiger partial charge is 0.698 e. The lowest BCUT2D eigenvalue weighted by Crippen LogP contribution is -2.46. The normalized spacial score (nSPS) is 11.3. The van der Waals surface area contributed by atoms with E-state index in [2.05, 4.69) is 39.4 Å². The Morgan fingerprint density at radius 1 is 0.885 bits per heavy atom. The van der Waals surface area contributed by atoms with Crippen molar-refractivity contribution in [1.29, 1.82) is 0 Å². The lowest BCUT2D eigenvalue weighted by atomic mass is 10.6. The molecule has 0 aliphatic heterocycles. The quantitative estimate of drug-likeness (QED) is 0.140. The Morgan fingerprint density at radius 3 is 1.73 bits per heavy atom. The third-order valence-corrected chi connectivity index (χ3v) is 8.79. The summed E-state index contributed by atoms with van der Waals surface area (Å²) in [7, 11) is -5.17. The smallest absolute Gasteiger partial charge is 0.488 e. The summed E-state index contributed by atoms with van der Waals surface area (Å²) < 4.78 is 28.6. The zero-order chi connectivity index (χ0) is 20.4. The van der Waals surface area contributed by atoms with Gasteiger partial charge in [0.25, 0.3) is 0 Å². The van der Waals surface area contributed by atoms with Gasteiger partial charge in [-0.05, 0) is 39.9 Å². The highest BCUT2D eigenvalue weighted by Crippen LogP contribution is 2.29. The van der Waals surface area contributed by atoms with Crippen LogP contribution in [0.15, 0.2) is 49.7 Å². The molecule has 0 atom stereocenters. The second kappa shape index (κ2) is 11.0. The minimum Gasteiger partial charge on any atom is -0.488 e. The molecule has 0 rings (SSSR count). The van der Waals surface area contributed by atoms with Crippen LogP contribution >= 0.6 is 0 Å². The molecule has 0 fully saturated rings. The number of carbonyl (C=O) groups excluding carboxylic acids is 1. The molecule has 148 valence electrons. The fourth-order valence-corrected chi connectivity index (χ4v) is 8.49. The molecule has 0 heterocycles. The molecule has 8 heteroatoms. The minimum absolute atomic E-state index is 0.191. The van der Waals surface area contributed by atoms with E-state index >= 15 is 0 Å². The number of carbonyl (C=O) groups is 1. The average molecular weight is 401 g/mol. The molecule has 0 bridgehead atoms. The Morgan fingerprint density at radius 2 is 1.35 bits per heavy atom. The van der Waals surface area contributed by atoms with Gasteiger partial charge in [-0.2, -0.15) is 0 Å². The van der Waals surface area contributed by atoms with Crippen molar-refractivity contribution in [2.75, 3.05) is 13.2 Å². The van der Waals surface area contributed by atoms with Crippen molar-refractivity contribution in [2.45, 2.75) is 46.0 Å². The van der Waals surface area contributed by atoms with E-state index in [0.29, 0.717) is 29.9 Å². The van der Waals surface area contributed by atoms with E-state index in [4.69, 9.17) is 22.4 Å². The molecule has 0 N–H and O–H groups in total. The topological polar surface area (TPSA) is 63.2 Å². The highest BCUT2D eigenvalue weighted by atomic mass is 28.4. The van der Waals surface area contributed by atoms with Crippen molar-refractivity contribution in [2.24, 2.45) is 0 Å². The molecule has 0 radical (unpaired) electrons. The van der Waals surface area contributed by atoms with Crippen molar-refractivity contribution in [1.82, 2.24) is 0 Å². The van der Waals surface area contributed by atoms with E-state index in [9.17, 15) is 4.79 Å². The van der Waals surface area contributed by atoms with Gasteiger partial charge in [0, 0.05) is 6.08 Å². The second-order valence-corrected chi connectivity index (χ2v) is 13.4. The van der Waals surface area contributed by atoms with E-state index in [-0.39, 0.29) is 6.61 Å². The van der Waals surface area contributed by atoms with Crippen molar-refractivity contribution in [3.63, 3.8) is 0 Å². The highest BCUT2D eigenvalue weighted by molar-refractivity contribution is 6.73. The Labute approximate surface area is 159 Å². The second-order valence-electron chi connectivity index (χ2n) is 6.58. The summed E-state index contributed by atoms with van der Waals surface area (Å²) in [5.74, 6) is 1.07. The van der Waals surface area contributed by atoms with E-state index < -0.39 is 23.1 Å². The van der Waals surface area contributed by atoms with Crippen LogP contribution in [-0.2, 0) is 27.2 Å². The molecule has 0 unspecified atom stereocenters. The van der Waals surface area contributed by atoms with Gasteiger partial charge in [0.1, 0.15) is 6.61 Å². The third-order valence-electron chi connectivity index (χ3n) is 3.01. The Balaban J connectivity index is 4.93. The Kier molecular flexibility index (Phi) is 10.3. The van der Waals surface area contributed by atoms with Gasteiger partial charge in [0.2, 0.25) is 0 Å². The molecular weight excluding hydrogens is 368 g/mol. The molecule has 0 aliphatic rings. The van der Waals surface area contributed by atoms with Crippen LogP contribution in [0.25, 0.3) is 0 Å². The summed E-state index contributed by atoms with van der Waals surface area (Å²) in [5, 5.41) is 0. The lowest BCUT2D eigenvalue weighted by molar-refractivity contribution is -0.138. The monoisotopic (exact) mass is 400 g/mol.